The molecule has 2 aromatic carbocycles. The number of halogens is 1. The highest BCUT2D eigenvalue weighted by molar-refractivity contribution is 7.92. The molecule has 0 saturated carbocycles. The fourth-order valence-electron chi connectivity index (χ4n) is 2.66. The molecule has 0 fully saturated rings. The average Bonchev–Trinajstić information content (AvgIpc) is 2.74. The summed E-state index contributed by atoms with van der Waals surface area (Å²) in [6.45, 7) is 1.41. The number of fused-ring (bicyclic) bond motifs is 1. The smallest absolute Gasteiger partial charge is 0.295 e. The summed E-state index contributed by atoms with van der Waals surface area (Å²) in [5.74, 6) is -0.584. The first kappa shape index (κ1) is 16.3. The van der Waals surface area contributed by atoms with Gasteiger partial charge < -0.3 is 0 Å². The number of hydrogen-bond acceptors (Lipinski definition) is 3. The molecule has 0 atom stereocenters. The van der Waals surface area contributed by atoms with Crippen molar-refractivity contribution in [1.82, 2.24) is 9.13 Å². The maximum atomic E-state index is 13.6. The molecule has 1 N–H and O–H groups in total. The monoisotopic (exact) mass is 349 g/mol. The summed E-state index contributed by atoms with van der Waals surface area (Å²) < 4.78 is 44.0. The minimum atomic E-state index is -3.94. The van der Waals surface area contributed by atoms with Gasteiger partial charge in [-0.3, -0.25) is 13.9 Å². The van der Waals surface area contributed by atoms with Gasteiger partial charge >= 0.3 is 5.69 Å². The van der Waals surface area contributed by atoms with Crippen molar-refractivity contribution in [3.05, 3.63) is 58.3 Å². The van der Waals surface area contributed by atoms with Crippen LogP contribution in [-0.2, 0) is 24.1 Å². The van der Waals surface area contributed by atoms with Crippen LogP contribution in [-0.4, -0.2) is 17.6 Å². The summed E-state index contributed by atoms with van der Waals surface area (Å²) in [6.07, 6.45) is 0. The van der Waals surface area contributed by atoms with Gasteiger partial charge in [0.1, 0.15) is 5.82 Å². The number of aromatic nitrogens is 2. The minimum Gasteiger partial charge on any atom is -0.295 e. The average molecular weight is 349 g/mol. The van der Waals surface area contributed by atoms with Crippen LogP contribution >= 0.6 is 0 Å². The lowest BCUT2D eigenvalue weighted by atomic mass is 10.2. The molecule has 0 aliphatic heterocycles. The van der Waals surface area contributed by atoms with Crippen molar-refractivity contribution in [1.29, 1.82) is 0 Å². The predicted octanol–water partition coefficient (Wildman–Crippen LogP) is 2.13. The zero-order valence-corrected chi connectivity index (χ0v) is 14.2. The van der Waals surface area contributed by atoms with Gasteiger partial charge in [-0.2, -0.15) is 0 Å². The largest absolute Gasteiger partial charge is 0.328 e. The number of aryl methyl sites for hydroxylation is 2. The fourth-order valence-corrected chi connectivity index (χ4v) is 3.96. The third-order valence-corrected chi connectivity index (χ3v) is 5.56. The molecule has 126 valence electrons. The van der Waals surface area contributed by atoms with Gasteiger partial charge in [-0.25, -0.2) is 17.6 Å². The third-order valence-electron chi connectivity index (χ3n) is 4.03. The van der Waals surface area contributed by atoms with Gasteiger partial charge in [0.15, 0.2) is 0 Å². The van der Waals surface area contributed by atoms with Gasteiger partial charge in [0.05, 0.1) is 21.6 Å². The Bertz CT molecular complexity index is 1110. The van der Waals surface area contributed by atoms with Gasteiger partial charge in [-0.15, -0.1) is 0 Å². The normalized spacial score (nSPS) is 11.8. The van der Waals surface area contributed by atoms with Crippen LogP contribution in [0.4, 0.5) is 10.1 Å². The summed E-state index contributed by atoms with van der Waals surface area (Å²) >= 11 is 0. The summed E-state index contributed by atoms with van der Waals surface area (Å²) in [5, 5.41) is 0. The van der Waals surface area contributed by atoms with Gasteiger partial charge in [0, 0.05) is 19.7 Å². The number of nitrogens with one attached hydrogen (secondary N) is 1. The lowest BCUT2D eigenvalue weighted by Crippen LogP contribution is -2.19. The summed E-state index contributed by atoms with van der Waals surface area (Å²) in [4.78, 5) is 11.8. The molecule has 0 unspecified atom stereocenters. The van der Waals surface area contributed by atoms with E-state index in [1.54, 1.807) is 32.3 Å². The van der Waals surface area contributed by atoms with Crippen LogP contribution in [0.2, 0.25) is 0 Å². The second-order valence-electron chi connectivity index (χ2n) is 5.57. The molecule has 0 spiro atoms. The first-order chi connectivity index (χ1) is 11.2. The van der Waals surface area contributed by atoms with Gasteiger partial charge in [-0.05, 0) is 37.3 Å². The highest BCUT2D eigenvalue weighted by Gasteiger charge is 2.19. The van der Waals surface area contributed by atoms with E-state index in [0.29, 0.717) is 16.7 Å². The number of imidazole rings is 1. The second-order valence-corrected chi connectivity index (χ2v) is 7.22. The van der Waals surface area contributed by atoms with Crippen LogP contribution in [0.5, 0.6) is 0 Å². The topological polar surface area (TPSA) is 73.1 Å². The molecule has 0 amide bonds. The van der Waals surface area contributed by atoms with Gasteiger partial charge in [0.25, 0.3) is 10.0 Å². The Morgan fingerprint density at radius 2 is 1.71 bits per heavy atom. The Labute approximate surface area is 138 Å². The van der Waals surface area contributed by atoms with Crippen LogP contribution in [0.15, 0.2) is 46.1 Å². The number of rotatable bonds is 3. The number of hydrogen-bond donors (Lipinski definition) is 1. The van der Waals surface area contributed by atoms with Crippen LogP contribution < -0.4 is 10.4 Å². The van der Waals surface area contributed by atoms with Crippen LogP contribution in [0.1, 0.15) is 5.56 Å². The van der Waals surface area contributed by atoms with Crippen LogP contribution in [0.25, 0.3) is 11.0 Å². The molecule has 0 radical (unpaired) electrons. The molecular weight excluding hydrogens is 333 g/mol. The zero-order valence-electron chi connectivity index (χ0n) is 13.4. The van der Waals surface area contributed by atoms with Crippen molar-refractivity contribution < 1.29 is 12.8 Å². The molecule has 0 aliphatic carbocycles. The van der Waals surface area contributed by atoms with E-state index in [1.165, 1.54) is 34.3 Å². The van der Waals surface area contributed by atoms with Crippen molar-refractivity contribution >= 4 is 26.7 Å². The van der Waals surface area contributed by atoms with Gasteiger partial charge in [-0.1, -0.05) is 6.07 Å². The quantitative estimate of drug-likeness (QED) is 0.787. The molecule has 0 aliphatic rings. The highest BCUT2D eigenvalue weighted by atomic mass is 32.2. The van der Waals surface area contributed by atoms with Crippen molar-refractivity contribution in [2.75, 3.05) is 4.72 Å². The van der Waals surface area contributed by atoms with Gasteiger partial charge in [0.2, 0.25) is 0 Å². The van der Waals surface area contributed by atoms with E-state index < -0.39 is 15.8 Å². The van der Waals surface area contributed by atoms with Crippen LogP contribution in [0, 0.1) is 12.7 Å². The summed E-state index contributed by atoms with van der Waals surface area (Å²) in [5.41, 5.74) is 1.43. The number of anilines is 1. The van der Waals surface area contributed by atoms with Crippen LogP contribution in [0.3, 0.4) is 0 Å². The van der Waals surface area contributed by atoms with E-state index in [0.717, 1.165) is 0 Å². The highest BCUT2D eigenvalue weighted by Crippen LogP contribution is 2.23. The third kappa shape index (κ3) is 2.48. The first-order valence-corrected chi connectivity index (χ1v) is 8.64. The van der Waals surface area contributed by atoms with E-state index in [4.69, 9.17) is 0 Å². The fraction of sp³-hybridized carbons (Fsp3) is 0.188. The maximum absolute atomic E-state index is 13.6. The zero-order chi connectivity index (χ0) is 17.6. The Kier molecular flexibility index (Phi) is 3.71. The number of benzene rings is 2. The molecule has 8 heteroatoms. The second kappa shape index (κ2) is 5.48. The van der Waals surface area contributed by atoms with E-state index in [1.807, 2.05) is 0 Å². The predicted molar refractivity (Wildman–Crippen MR) is 90.1 cm³/mol. The molecule has 24 heavy (non-hydrogen) atoms. The molecule has 3 rings (SSSR count). The molecule has 0 bridgehead atoms. The molecule has 6 nitrogen and oxygen atoms in total. The standard InChI is InChI=1S/C16H16FN3O3S/c1-10-12(17)5-4-6-15(10)24(22,23)18-11-7-8-13-14(9-11)20(3)16(21)19(13)2/h4-9,18H,1-3H3. The number of nitrogens with zero attached hydrogens (tertiary/aromatic N) is 2. The molecular formula is C16H16FN3O3S. The van der Waals surface area contributed by atoms with Crippen molar-refractivity contribution in [3.8, 4) is 0 Å². The molecule has 1 heterocycles. The molecule has 3 aromatic rings. The Balaban J connectivity index is 2.07. The Morgan fingerprint density at radius 3 is 2.42 bits per heavy atom. The van der Waals surface area contributed by atoms with E-state index in [2.05, 4.69) is 4.72 Å². The Hall–Kier alpha value is -2.61. The Morgan fingerprint density at radius 1 is 1.04 bits per heavy atom. The van der Waals surface area contributed by atoms with E-state index in [9.17, 15) is 17.6 Å². The summed E-state index contributed by atoms with van der Waals surface area (Å²) in [7, 11) is -0.681. The lowest BCUT2D eigenvalue weighted by Gasteiger charge is -2.11. The SMILES string of the molecule is Cc1c(F)cccc1S(=O)(=O)Nc1ccc2c(c1)n(C)c(=O)n2C. The number of sulfonamides is 1. The van der Waals surface area contributed by atoms with E-state index in [-0.39, 0.29) is 16.1 Å². The first-order valence-electron chi connectivity index (χ1n) is 7.16. The molecule has 1 aromatic heterocycles. The lowest BCUT2D eigenvalue weighted by molar-refractivity contribution is 0.590. The van der Waals surface area contributed by atoms with E-state index >= 15 is 0 Å². The summed E-state index contributed by atoms with van der Waals surface area (Å²) in [6, 6.07) is 8.70. The van der Waals surface area contributed by atoms with Crippen molar-refractivity contribution in [3.63, 3.8) is 0 Å². The molecule has 0 saturated heterocycles. The minimum absolute atomic E-state index is 0.0539. The van der Waals surface area contributed by atoms with Crippen molar-refractivity contribution in [2.24, 2.45) is 14.1 Å². The van der Waals surface area contributed by atoms with Crippen molar-refractivity contribution in [2.45, 2.75) is 11.8 Å². The maximum Gasteiger partial charge on any atom is 0.328 e.